The van der Waals surface area contributed by atoms with Crippen LogP contribution in [0.1, 0.15) is 11.7 Å². The molecule has 3 nitrogen and oxygen atoms in total. The molecule has 96 valence electrons. The van der Waals surface area contributed by atoms with Gasteiger partial charge in [0.15, 0.2) is 0 Å². The molecule has 0 radical (unpaired) electrons. The fraction of sp³-hybridized carbons (Fsp3) is 0.500. The minimum atomic E-state index is -0.623. The molecule has 0 aliphatic rings. The van der Waals surface area contributed by atoms with Gasteiger partial charge >= 0.3 is 0 Å². The molecule has 0 spiro atoms. The number of halogens is 2. The minimum absolute atomic E-state index is 0.491. The zero-order valence-corrected chi connectivity index (χ0v) is 11.5. The van der Waals surface area contributed by atoms with Crippen molar-refractivity contribution in [3.05, 3.63) is 33.8 Å². The molecule has 0 saturated carbocycles. The second-order valence-electron chi connectivity index (χ2n) is 3.94. The van der Waals surface area contributed by atoms with Crippen molar-refractivity contribution in [3.63, 3.8) is 0 Å². The van der Waals surface area contributed by atoms with Crippen molar-refractivity contribution in [3.8, 4) is 0 Å². The van der Waals surface area contributed by atoms with Gasteiger partial charge in [-0.15, -0.1) is 0 Å². The molecule has 1 atom stereocenters. The normalized spacial score (nSPS) is 13.1. The van der Waals surface area contributed by atoms with Crippen LogP contribution in [0.3, 0.4) is 0 Å². The Hall–Kier alpha value is -0.320. The quantitative estimate of drug-likeness (QED) is 0.868. The van der Waals surface area contributed by atoms with Crippen LogP contribution in [0.4, 0.5) is 0 Å². The Labute approximate surface area is 112 Å². The molecule has 0 bridgehead atoms. The average Bonchev–Trinajstić information content (AvgIpc) is 2.26. The van der Waals surface area contributed by atoms with Crippen molar-refractivity contribution in [1.82, 2.24) is 4.90 Å². The standard InChI is InChI=1S/C12H17Cl2NO2/c1-15(5-6-17-2)8-12(16)10-4-3-9(13)7-11(10)14/h3-4,7,12,16H,5-6,8H2,1-2H3. The predicted molar refractivity (Wildman–Crippen MR) is 70.8 cm³/mol. The van der Waals surface area contributed by atoms with E-state index in [0.29, 0.717) is 28.8 Å². The van der Waals surface area contributed by atoms with Crippen LogP contribution in [0.2, 0.25) is 10.0 Å². The van der Waals surface area contributed by atoms with Gasteiger partial charge in [-0.25, -0.2) is 0 Å². The smallest absolute Gasteiger partial charge is 0.0931 e. The molecule has 0 heterocycles. The van der Waals surface area contributed by atoms with Crippen LogP contribution in [-0.4, -0.2) is 43.9 Å². The second-order valence-corrected chi connectivity index (χ2v) is 4.78. The molecule has 0 saturated heterocycles. The van der Waals surface area contributed by atoms with Crippen LogP contribution in [0.25, 0.3) is 0 Å². The molecular formula is C12H17Cl2NO2. The van der Waals surface area contributed by atoms with E-state index in [2.05, 4.69) is 0 Å². The largest absolute Gasteiger partial charge is 0.387 e. The van der Waals surface area contributed by atoms with Crippen molar-refractivity contribution < 1.29 is 9.84 Å². The fourth-order valence-electron chi connectivity index (χ4n) is 1.50. The molecular weight excluding hydrogens is 261 g/mol. The Balaban J connectivity index is 2.60. The van der Waals surface area contributed by atoms with Crippen LogP contribution in [0, 0.1) is 0 Å². The van der Waals surface area contributed by atoms with Gasteiger partial charge in [0, 0.05) is 35.8 Å². The van der Waals surface area contributed by atoms with Gasteiger partial charge in [-0.3, -0.25) is 0 Å². The molecule has 0 aliphatic carbocycles. The van der Waals surface area contributed by atoms with Crippen LogP contribution in [0.15, 0.2) is 18.2 Å². The van der Waals surface area contributed by atoms with Gasteiger partial charge in [-0.2, -0.15) is 0 Å². The van der Waals surface area contributed by atoms with Crippen molar-refractivity contribution >= 4 is 23.2 Å². The van der Waals surface area contributed by atoms with Crippen molar-refractivity contribution in [2.24, 2.45) is 0 Å². The van der Waals surface area contributed by atoms with Crippen LogP contribution >= 0.6 is 23.2 Å². The van der Waals surface area contributed by atoms with E-state index < -0.39 is 6.10 Å². The second kappa shape index (κ2) is 7.19. The summed E-state index contributed by atoms with van der Waals surface area (Å²) in [5.41, 5.74) is 0.695. The molecule has 0 amide bonds. The first-order chi connectivity index (χ1) is 8.04. The zero-order chi connectivity index (χ0) is 12.8. The van der Waals surface area contributed by atoms with Gasteiger partial charge in [0.05, 0.1) is 12.7 Å². The van der Waals surface area contributed by atoms with E-state index >= 15 is 0 Å². The fourth-order valence-corrected chi connectivity index (χ4v) is 2.04. The maximum Gasteiger partial charge on any atom is 0.0931 e. The topological polar surface area (TPSA) is 32.7 Å². The van der Waals surface area contributed by atoms with Gasteiger partial charge in [0.2, 0.25) is 0 Å². The lowest BCUT2D eigenvalue weighted by Crippen LogP contribution is -2.28. The van der Waals surface area contributed by atoms with Gasteiger partial charge in [0.1, 0.15) is 0 Å². The molecule has 1 rings (SSSR count). The number of likely N-dealkylation sites (N-methyl/N-ethyl adjacent to an activating group) is 1. The highest BCUT2D eigenvalue weighted by atomic mass is 35.5. The van der Waals surface area contributed by atoms with Gasteiger partial charge in [0.25, 0.3) is 0 Å². The van der Waals surface area contributed by atoms with Crippen molar-refractivity contribution in [2.45, 2.75) is 6.10 Å². The maximum absolute atomic E-state index is 10.1. The first kappa shape index (κ1) is 14.7. The number of nitrogens with zero attached hydrogens (tertiary/aromatic N) is 1. The molecule has 0 fully saturated rings. The van der Waals surface area contributed by atoms with E-state index in [0.717, 1.165) is 6.54 Å². The summed E-state index contributed by atoms with van der Waals surface area (Å²) < 4.78 is 4.97. The minimum Gasteiger partial charge on any atom is -0.387 e. The van der Waals surface area contributed by atoms with Crippen LogP contribution in [0.5, 0.6) is 0 Å². The van der Waals surface area contributed by atoms with Crippen LogP contribution < -0.4 is 0 Å². The summed E-state index contributed by atoms with van der Waals surface area (Å²) in [4.78, 5) is 1.99. The first-order valence-corrected chi connectivity index (χ1v) is 6.10. The number of hydrogen-bond acceptors (Lipinski definition) is 3. The lowest BCUT2D eigenvalue weighted by molar-refractivity contribution is 0.103. The Morgan fingerprint density at radius 3 is 2.71 bits per heavy atom. The summed E-state index contributed by atoms with van der Waals surface area (Å²) in [5.74, 6) is 0. The Morgan fingerprint density at radius 1 is 1.41 bits per heavy atom. The molecule has 1 N–H and O–H groups in total. The first-order valence-electron chi connectivity index (χ1n) is 5.35. The highest BCUT2D eigenvalue weighted by Gasteiger charge is 2.14. The molecule has 1 aromatic rings. The van der Waals surface area contributed by atoms with Crippen molar-refractivity contribution in [1.29, 1.82) is 0 Å². The third-order valence-electron chi connectivity index (χ3n) is 2.48. The van der Waals surface area contributed by atoms with E-state index in [9.17, 15) is 5.11 Å². The summed E-state index contributed by atoms with van der Waals surface area (Å²) in [7, 11) is 3.58. The number of aliphatic hydroxyl groups excluding tert-OH is 1. The lowest BCUT2D eigenvalue weighted by atomic mass is 10.1. The number of benzene rings is 1. The molecule has 1 aromatic carbocycles. The third kappa shape index (κ3) is 4.82. The van der Waals surface area contributed by atoms with E-state index in [1.807, 2.05) is 11.9 Å². The van der Waals surface area contributed by atoms with Crippen LogP contribution in [-0.2, 0) is 4.74 Å². The molecule has 17 heavy (non-hydrogen) atoms. The van der Waals surface area contributed by atoms with E-state index in [1.54, 1.807) is 25.3 Å². The summed E-state index contributed by atoms with van der Waals surface area (Å²) in [5, 5.41) is 11.1. The lowest BCUT2D eigenvalue weighted by Gasteiger charge is -2.21. The number of hydrogen-bond donors (Lipinski definition) is 1. The summed E-state index contributed by atoms with van der Waals surface area (Å²) >= 11 is 11.8. The highest BCUT2D eigenvalue weighted by Crippen LogP contribution is 2.26. The Bertz CT molecular complexity index is 360. The van der Waals surface area contributed by atoms with Gasteiger partial charge in [-0.1, -0.05) is 29.3 Å². The summed E-state index contributed by atoms with van der Waals surface area (Å²) in [6, 6.07) is 5.11. The van der Waals surface area contributed by atoms with E-state index in [-0.39, 0.29) is 0 Å². The number of aliphatic hydroxyl groups is 1. The van der Waals surface area contributed by atoms with E-state index in [1.165, 1.54) is 0 Å². The number of methoxy groups -OCH3 is 1. The van der Waals surface area contributed by atoms with Gasteiger partial charge < -0.3 is 14.7 Å². The number of rotatable bonds is 6. The SMILES string of the molecule is COCCN(C)CC(O)c1ccc(Cl)cc1Cl. The van der Waals surface area contributed by atoms with E-state index in [4.69, 9.17) is 27.9 Å². The highest BCUT2D eigenvalue weighted by molar-refractivity contribution is 6.35. The monoisotopic (exact) mass is 277 g/mol. The average molecular weight is 278 g/mol. The molecule has 0 aromatic heterocycles. The molecule has 0 aliphatic heterocycles. The third-order valence-corrected chi connectivity index (χ3v) is 3.05. The number of ether oxygens (including phenoxy) is 1. The Morgan fingerprint density at radius 2 is 2.12 bits per heavy atom. The predicted octanol–water partition coefficient (Wildman–Crippen LogP) is 2.61. The summed E-state index contributed by atoms with van der Waals surface area (Å²) in [6.07, 6.45) is -0.623. The Kier molecular flexibility index (Phi) is 6.23. The van der Waals surface area contributed by atoms with Gasteiger partial charge in [-0.05, 0) is 19.2 Å². The molecule has 5 heteroatoms. The maximum atomic E-state index is 10.1. The molecule has 1 unspecified atom stereocenters. The zero-order valence-electron chi connectivity index (χ0n) is 9.99. The summed E-state index contributed by atoms with van der Waals surface area (Å²) in [6.45, 7) is 1.90. The van der Waals surface area contributed by atoms with Crippen molar-refractivity contribution in [2.75, 3.05) is 33.9 Å².